The fourth-order valence-electron chi connectivity index (χ4n) is 2.19. The van der Waals surface area contributed by atoms with Crippen molar-refractivity contribution in [3.8, 4) is 17.2 Å². The van der Waals surface area contributed by atoms with Gasteiger partial charge in [0, 0.05) is 24.2 Å². The molecule has 122 valence electrons. The molecule has 0 aliphatic carbocycles. The summed E-state index contributed by atoms with van der Waals surface area (Å²) in [6.07, 6.45) is 0.445. The quantitative estimate of drug-likeness (QED) is 0.812. The molecule has 1 heterocycles. The maximum absolute atomic E-state index is 11.8. The van der Waals surface area contributed by atoms with E-state index in [4.69, 9.17) is 14.2 Å². The molecule has 8 heteroatoms. The summed E-state index contributed by atoms with van der Waals surface area (Å²) in [6.45, 7) is -0.202. The van der Waals surface area contributed by atoms with Crippen molar-refractivity contribution < 1.29 is 27.4 Å². The Morgan fingerprint density at radius 2 is 1.77 bits per heavy atom. The van der Waals surface area contributed by atoms with E-state index < -0.39 is 9.84 Å². The van der Waals surface area contributed by atoms with Crippen molar-refractivity contribution in [2.24, 2.45) is 0 Å². The van der Waals surface area contributed by atoms with Crippen LogP contribution >= 0.6 is 0 Å². The van der Waals surface area contributed by atoms with Crippen LogP contribution in [0.5, 0.6) is 17.2 Å². The van der Waals surface area contributed by atoms with Gasteiger partial charge in [-0.05, 0) is 6.42 Å². The number of benzene rings is 1. The second-order valence-corrected chi connectivity index (χ2v) is 7.23. The molecule has 22 heavy (non-hydrogen) atoms. The van der Waals surface area contributed by atoms with Gasteiger partial charge in [-0.1, -0.05) is 0 Å². The number of methoxy groups -OCH3 is 2. The predicted octanol–water partition coefficient (Wildman–Crippen LogP) is 0.386. The average molecular weight is 329 g/mol. The Morgan fingerprint density at radius 3 is 2.27 bits per heavy atom. The highest BCUT2D eigenvalue weighted by molar-refractivity contribution is 7.91. The maximum Gasteiger partial charge on any atom is 0.258 e. The number of rotatable bonds is 6. The van der Waals surface area contributed by atoms with Crippen LogP contribution in [0.25, 0.3) is 0 Å². The van der Waals surface area contributed by atoms with Gasteiger partial charge in [0.1, 0.15) is 17.2 Å². The Bertz CT molecular complexity index is 620. The minimum Gasteiger partial charge on any atom is -0.496 e. The number of sulfone groups is 1. The molecule has 1 aromatic carbocycles. The maximum atomic E-state index is 11.8. The van der Waals surface area contributed by atoms with Gasteiger partial charge in [0.15, 0.2) is 16.4 Å². The topological polar surface area (TPSA) is 90.9 Å². The van der Waals surface area contributed by atoms with Gasteiger partial charge in [0.2, 0.25) is 0 Å². The van der Waals surface area contributed by atoms with Crippen LogP contribution in [0.2, 0.25) is 0 Å². The highest BCUT2D eigenvalue weighted by Crippen LogP contribution is 2.27. The van der Waals surface area contributed by atoms with Gasteiger partial charge in [-0.15, -0.1) is 0 Å². The summed E-state index contributed by atoms with van der Waals surface area (Å²) in [7, 11) is 0.0245. The highest BCUT2D eigenvalue weighted by atomic mass is 32.2. The lowest BCUT2D eigenvalue weighted by Gasteiger charge is -2.13. The highest BCUT2D eigenvalue weighted by Gasteiger charge is 2.28. The van der Waals surface area contributed by atoms with E-state index in [1.54, 1.807) is 18.2 Å². The molecular formula is C14H19NO6S. The molecule has 7 nitrogen and oxygen atoms in total. The molecular weight excluding hydrogens is 310 g/mol. The summed E-state index contributed by atoms with van der Waals surface area (Å²) in [6, 6.07) is 4.63. The van der Waals surface area contributed by atoms with E-state index in [1.165, 1.54) is 14.2 Å². The van der Waals surface area contributed by atoms with Crippen LogP contribution in [-0.2, 0) is 14.6 Å². The molecule has 1 saturated heterocycles. The van der Waals surface area contributed by atoms with Gasteiger partial charge >= 0.3 is 0 Å². The largest absolute Gasteiger partial charge is 0.496 e. The first-order valence-electron chi connectivity index (χ1n) is 6.77. The molecule has 1 fully saturated rings. The van der Waals surface area contributed by atoms with Gasteiger partial charge < -0.3 is 19.5 Å². The van der Waals surface area contributed by atoms with Crippen LogP contribution in [0.15, 0.2) is 18.2 Å². The van der Waals surface area contributed by atoms with Crippen LogP contribution in [0.4, 0.5) is 0 Å². The molecule has 2 rings (SSSR count). The Kier molecular flexibility index (Phi) is 5.12. The average Bonchev–Trinajstić information content (AvgIpc) is 2.83. The number of amides is 1. The first-order valence-corrected chi connectivity index (χ1v) is 8.59. The second kappa shape index (κ2) is 6.87. The van der Waals surface area contributed by atoms with E-state index in [0.717, 1.165) is 0 Å². The van der Waals surface area contributed by atoms with Crippen LogP contribution in [-0.4, -0.2) is 52.7 Å². The fourth-order valence-corrected chi connectivity index (χ4v) is 3.87. The standard InChI is InChI=1S/C14H19NO6S/c1-19-11-5-12(20-2)7-13(6-11)21-8-14(16)15-10-3-4-22(17,18)9-10/h5-7,10H,3-4,8-9H2,1-2H3,(H,15,16)/t10-/m0/s1. The van der Waals surface area contributed by atoms with Crippen molar-refractivity contribution in [1.82, 2.24) is 5.32 Å². The Labute approximate surface area is 129 Å². The van der Waals surface area contributed by atoms with Crippen molar-refractivity contribution in [2.45, 2.75) is 12.5 Å². The third-order valence-corrected chi connectivity index (χ3v) is 5.06. The molecule has 1 N–H and O–H groups in total. The molecule has 0 unspecified atom stereocenters. The zero-order chi connectivity index (χ0) is 16.2. The molecule has 1 amide bonds. The molecule has 0 radical (unpaired) electrons. The molecule has 1 atom stereocenters. The Morgan fingerprint density at radius 1 is 1.18 bits per heavy atom. The SMILES string of the molecule is COc1cc(OC)cc(OCC(=O)N[C@H]2CCS(=O)(=O)C2)c1. The molecule has 1 aromatic rings. The third-order valence-electron chi connectivity index (χ3n) is 3.29. The number of carbonyl (C=O) groups excluding carboxylic acids is 1. The molecule has 0 saturated carbocycles. The second-order valence-electron chi connectivity index (χ2n) is 5.00. The normalized spacial score (nSPS) is 19.5. The summed E-state index contributed by atoms with van der Waals surface area (Å²) in [5, 5.41) is 2.66. The summed E-state index contributed by atoms with van der Waals surface area (Å²) in [5.74, 6) is 1.29. The van der Waals surface area contributed by atoms with Crippen LogP contribution < -0.4 is 19.5 Å². The molecule has 1 aliphatic rings. The number of ether oxygens (including phenoxy) is 3. The lowest BCUT2D eigenvalue weighted by molar-refractivity contribution is -0.123. The van der Waals surface area contributed by atoms with Crippen molar-refractivity contribution in [3.63, 3.8) is 0 Å². The number of nitrogens with one attached hydrogen (secondary N) is 1. The summed E-state index contributed by atoms with van der Waals surface area (Å²) in [4.78, 5) is 11.8. The molecule has 1 aliphatic heterocycles. The zero-order valence-corrected chi connectivity index (χ0v) is 13.3. The van der Waals surface area contributed by atoms with E-state index in [9.17, 15) is 13.2 Å². The minimum absolute atomic E-state index is 0.00821. The summed E-state index contributed by atoms with van der Waals surface area (Å²) in [5.41, 5.74) is 0. The van der Waals surface area contributed by atoms with Crippen molar-refractivity contribution in [2.75, 3.05) is 32.3 Å². The van der Waals surface area contributed by atoms with Crippen molar-refractivity contribution in [3.05, 3.63) is 18.2 Å². The van der Waals surface area contributed by atoms with Crippen LogP contribution in [0, 0.1) is 0 Å². The lowest BCUT2D eigenvalue weighted by Crippen LogP contribution is -2.38. The van der Waals surface area contributed by atoms with Gasteiger partial charge in [0.25, 0.3) is 5.91 Å². The predicted molar refractivity (Wildman–Crippen MR) is 80.2 cm³/mol. The molecule has 0 aromatic heterocycles. The van der Waals surface area contributed by atoms with Gasteiger partial charge in [-0.3, -0.25) is 4.79 Å². The van der Waals surface area contributed by atoms with E-state index in [1.807, 2.05) is 0 Å². The fraction of sp³-hybridized carbons (Fsp3) is 0.500. The molecule has 0 bridgehead atoms. The monoisotopic (exact) mass is 329 g/mol. The number of carbonyl (C=O) groups is 1. The first-order chi connectivity index (χ1) is 10.4. The lowest BCUT2D eigenvalue weighted by atomic mass is 10.2. The molecule has 0 spiro atoms. The smallest absolute Gasteiger partial charge is 0.258 e. The zero-order valence-electron chi connectivity index (χ0n) is 12.5. The first kappa shape index (κ1) is 16.4. The third kappa shape index (κ3) is 4.52. The van der Waals surface area contributed by atoms with Crippen molar-refractivity contribution >= 4 is 15.7 Å². The Balaban J connectivity index is 1.88. The van der Waals surface area contributed by atoms with Crippen molar-refractivity contribution in [1.29, 1.82) is 0 Å². The van der Waals surface area contributed by atoms with Gasteiger partial charge in [0.05, 0.1) is 25.7 Å². The van der Waals surface area contributed by atoms with E-state index in [0.29, 0.717) is 23.7 Å². The minimum atomic E-state index is -3.01. The van der Waals surface area contributed by atoms with Gasteiger partial charge in [-0.25, -0.2) is 8.42 Å². The Hall–Kier alpha value is -1.96. The number of hydrogen-bond acceptors (Lipinski definition) is 6. The van der Waals surface area contributed by atoms with E-state index >= 15 is 0 Å². The van der Waals surface area contributed by atoms with E-state index in [2.05, 4.69) is 5.32 Å². The van der Waals surface area contributed by atoms with Gasteiger partial charge in [-0.2, -0.15) is 0 Å². The summed E-state index contributed by atoms with van der Waals surface area (Å²) < 4.78 is 38.3. The van der Waals surface area contributed by atoms with Crippen LogP contribution in [0.1, 0.15) is 6.42 Å². The summed E-state index contributed by atoms with van der Waals surface area (Å²) >= 11 is 0. The van der Waals surface area contributed by atoms with Crippen LogP contribution in [0.3, 0.4) is 0 Å². The van der Waals surface area contributed by atoms with E-state index in [-0.39, 0.29) is 30.1 Å². The number of hydrogen-bond donors (Lipinski definition) is 1.